The van der Waals surface area contributed by atoms with E-state index in [-0.39, 0.29) is 0 Å². The molecule has 2 saturated carbocycles. The molecular weight excluding hydrogens is 292 g/mol. The molecule has 0 spiro atoms. The van der Waals surface area contributed by atoms with Crippen LogP contribution < -0.4 is 0 Å². The number of hydrogen-bond donors (Lipinski definition) is 0. The summed E-state index contributed by atoms with van der Waals surface area (Å²) >= 11 is 1.69. The first-order valence-electron chi connectivity index (χ1n) is 8.57. The van der Waals surface area contributed by atoms with Gasteiger partial charge in [0.25, 0.3) is 0 Å². The smallest absolute Gasteiger partial charge is 0.236 e. The van der Waals surface area contributed by atoms with Crippen molar-refractivity contribution in [1.29, 1.82) is 0 Å². The van der Waals surface area contributed by atoms with Crippen molar-refractivity contribution in [3.05, 3.63) is 29.0 Å². The third-order valence-electron chi connectivity index (χ3n) is 5.02. The van der Waals surface area contributed by atoms with Crippen LogP contribution in [0.2, 0.25) is 0 Å². The summed E-state index contributed by atoms with van der Waals surface area (Å²) in [5, 5.41) is 2.08. The van der Waals surface area contributed by atoms with E-state index in [2.05, 4.69) is 29.3 Å². The van der Waals surface area contributed by atoms with E-state index in [0.29, 0.717) is 0 Å². The van der Waals surface area contributed by atoms with Gasteiger partial charge in [0.05, 0.1) is 10.6 Å². The first-order chi connectivity index (χ1) is 10.8. The molecule has 2 aromatic heterocycles. The fraction of sp³-hybridized carbons (Fsp3) is 0.611. The summed E-state index contributed by atoms with van der Waals surface area (Å²) < 4.78 is 5.92. The van der Waals surface area contributed by atoms with Gasteiger partial charge >= 0.3 is 0 Å². The van der Waals surface area contributed by atoms with Gasteiger partial charge in [-0.05, 0) is 44.1 Å². The molecule has 2 fully saturated rings. The van der Waals surface area contributed by atoms with Crippen LogP contribution in [0.25, 0.3) is 10.8 Å². The maximum Gasteiger partial charge on any atom is 0.236 e. The largest absolute Gasteiger partial charge is 0.440 e. The summed E-state index contributed by atoms with van der Waals surface area (Å²) in [6, 6.07) is 5.70. The summed E-state index contributed by atoms with van der Waals surface area (Å²) in [6.45, 7) is 3.03. The Morgan fingerprint density at radius 1 is 1.18 bits per heavy atom. The van der Waals surface area contributed by atoms with Crippen molar-refractivity contribution < 1.29 is 4.42 Å². The van der Waals surface area contributed by atoms with E-state index >= 15 is 0 Å². The SMILES string of the molecule is Cc1oc(-c2cccs2)nc1CN(C1CCCCC1)C1CC1. The third-order valence-corrected chi connectivity index (χ3v) is 5.87. The van der Waals surface area contributed by atoms with Crippen molar-refractivity contribution in [1.82, 2.24) is 9.88 Å². The molecule has 2 aliphatic rings. The van der Waals surface area contributed by atoms with Gasteiger partial charge in [-0.2, -0.15) is 0 Å². The molecule has 0 aromatic carbocycles. The van der Waals surface area contributed by atoms with Crippen molar-refractivity contribution >= 4 is 11.3 Å². The predicted molar refractivity (Wildman–Crippen MR) is 90.0 cm³/mol. The number of nitrogens with zero attached hydrogens (tertiary/aromatic N) is 2. The van der Waals surface area contributed by atoms with Gasteiger partial charge in [-0.25, -0.2) is 4.98 Å². The summed E-state index contributed by atoms with van der Waals surface area (Å²) in [7, 11) is 0. The molecule has 0 unspecified atom stereocenters. The Hall–Kier alpha value is -1.13. The fourth-order valence-electron chi connectivity index (χ4n) is 3.63. The second kappa shape index (κ2) is 6.17. The summed E-state index contributed by atoms with van der Waals surface area (Å²) in [4.78, 5) is 8.65. The molecule has 4 heteroatoms. The molecule has 0 saturated heterocycles. The topological polar surface area (TPSA) is 29.3 Å². The van der Waals surface area contributed by atoms with Gasteiger partial charge in [0, 0.05) is 18.6 Å². The van der Waals surface area contributed by atoms with Gasteiger partial charge in [-0.3, -0.25) is 4.90 Å². The number of hydrogen-bond acceptors (Lipinski definition) is 4. The van der Waals surface area contributed by atoms with Gasteiger partial charge in [0.1, 0.15) is 5.76 Å². The summed E-state index contributed by atoms with van der Waals surface area (Å²) in [6.07, 6.45) is 9.67. The average Bonchev–Trinajstić information content (AvgIpc) is 3.10. The molecule has 0 atom stereocenters. The lowest BCUT2D eigenvalue weighted by Crippen LogP contribution is -2.38. The second-order valence-electron chi connectivity index (χ2n) is 6.69. The van der Waals surface area contributed by atoms with E-state index in [4.69, 9.17) is 9.40 Å². The Bertz CT molecular complexity index is 609. The molecule has 2 aliphatic carbocycles. The van der Waals surface area contributed by atoms with Crippen LogP contribution >= 0.6 is 11.3 Å². The molecule has 0 aliphatic heterocycles. The Morgan fingerprint density at radius 3 is 2.64 bits per heavy atom. The molecule has 2 aromatic rings. The van der Waals surface area contributed by atoms with E-state index in [1.54, 1.807) is 11.3 Å². The molecule has 3 nitrogen and oxygen atoms in total. The van der Waals surface area contributed by atoms with Crippen molar-refractivity contribution in [2.24, 2.45) is 0 Å². The number of aryl methyl sites for hydroxylation is 1. The lowest BCUT2D eigenvalue weighted by molar-refractivity contribution is 0.137. The number of thiophene rings is 1. The predicted octanol–water partition coefficient (Wildman–Crippen LogP) is 5.01. The second-order valence-corrected chi connectivity index (χ2v) is 7.64. The summed E-state index contributed by atoms with van der Waals surface area (Å²) in [5.41, 5.74) is 1.14. The lowest BCUT2D eigenvalue weighted by atomic mass is 9.94. The zero-order valence-electron chi connectivity index (χ0n) is 13.3. The van der Waals surface area contributed by atoms with Crippen molar-refractivity contribution in [3.8, 4) is 10.8 Å². The molecule has 2 heterocycles. The van der Waals surface area contributed by atoms with Gasteiger partial charge in [0.15, 0.2) is 0 Å². The molecule has 0 radical (unpaired) electrons. The normalized spacial score (nSPS) is 19.9. The Labute approximate surface area is 136 Å². The standard InChI is InChI=1S/C18H24N2OS/c1-13-16(19-18(21-13)17-8-5-11-22-17)12-20(15-9-10-15)14-6-3-2-4-7-14/h5,8,11,14-15H,2-4,6-7,9-10,12H2,1H3. The Balaban J connectivity index is 1.53. The van der Waals surface area contributed by atoms with E-state index in [1.165, 1.54) is 44.9 Å². The zero-order chi connectivity index (χ0) is 14.9. The van der Waals surface area contributed by atoms with Crippen molar-refractivity contribution in [2.45, 2.75) is 70.5 Å². The molecule has 0 N–H and O–H groups in total. The lowest BCUT2D eigenvalue weighted by Gasteiger charge is -2.34. The Morgan fingerprint density at radius 2 is 1.95 bits per heavy atom. The van der Waals surface area contributed by atoms with Gasteiger partial charge in [-0.15, -0.1) is 11.3 Å². The first kappa shape index (κ1) is 14.5. The van der Waals surface area contributed by atoms with Crippen molar-refractivity contribution in [2.75, 3.05) is 0 Å². The molecule has 118 valence electrons. The molecule has 4 rings (SSSR count). The quantitative estimate of drug-likeness (QED) is 0.776. The van der Waals surface area contributed by atoms with Gasteiger partial charge in [0.2, 0.25) is 5.89 Å². The highest BCUT2D eigenvalue weighted by molar-refractivity contribution is 7.13. The van der Waals surface area contributed by atoms with E-state index in [1.807, 2.05) is 0 Å². The maximum atomic E-state index is 5.92. The maximum absolute atomic E-state index is 5.92. The number of aromatic nitrogens is 1. The van der Waals surface area contributed by atoms with Crippen LogP contribution in [0, 0.1) is 6.92 Å². The monoisotopic (exact) mass is 316 g/mol. The number of oxazole rings is 1. The highest BCUT2D eigenvalue weighted by atomic mass is 32.1. The average molecular weight is 316 g/mol. The summed E-state index contributed by atoms with van der Waals surface area (Å²) in [5.74, 6) is 1.78. The van der Waals surface area contributed by atoms with Crippen molar-refractivity contribution in [3.63, 3.8) is 0 Å². The van der Waals surface area contributed by atoms with Crippen LogP contribution in [0.4, 0.5) is 0 Å². The van der Waals surface area contributed by atoms with E-state index in [0.717, 1.165) is 40.9 Å². The zero-order valence-corrected chi connectivity index (χ0v) is 14.1. The minimum absolute atomic E-state index is 0.766. The van der Waals surface area contributed by atoms with Crippen LogP contribution in [0.1, 0.15) is 56.4 Å². The van der Waals surface area contributed by atoms with E-state index < -0.39 is 0 Å². The molecule has 0 bridgehead atoms. The minimum atomic E-state index is 0.766. The van der Waals surface area contributed by atoms with E-state index in [9.17, 15) is 0 Å². The first-order valence-corrected chi connectivity index (χ1v) is 9.45. The van der Waals surface area contributed by atoms with Crippen LogP contribution in [0.5, 0.6) is 0 Å². The Kier molecular flexibility index (Phi) is 4.05. The van der Waals surface area contributed by atoms with Crippen LogP contribution in [0.15, 0.2) is 21.9 Å². The molecule has 22 heavy (non-hydrogen) atoms. The highest BCUT2D eigenvalue weighted by Gasteiger charge is 2.35. The minimum Gasteiger partial charge on any atom is -0.440 e. The molecule has 0 amide bonds. The van der Waals surface area contributed by atoms with Gasteiger partial charge < -0.3 is 4.42 Å². The van der Waals surface area contributed by atoms with Gasteiger partial charge in [-0.1, -0.05) is 25.3 Å². The fourth-order valence-corrected chi connectivity index (χ4v) is 4.28. The number of rotatable bonds is 5. The third kappa shape index (κ3) is 2.99. The van der Waals surface area contributed by atoms with Crippen LogP contribution in [0.3, 0.4) is 0 Å². The van der Waals surface area contributed by atoms with Crippen LogP contribution in [-0.2, 0) is 6.54 Å². The van der Waals surface area contributed by atoms with Crippen LogP contribution in [-0.4, -0.2) is 22.0 Å². The highest BCUT2D eigenvalue weighted by Crippen LogP contribution is 2.36. The molecular formula is C18H24N2OS.